The van der Waals surface area contributed by atoms with Gasteiger partial charge in [-0.3, -0.25) is 9.59 Å². The molecule has 1 amide bonds. The molecule has 0 fully saturated rings. The molecule has 0 unspecified atom stereocenters. The number of carbonyl (C=O) groups excluding carboxylic acids is 1. The minimum Gasteiger partial charge on any atom is -0.483 e. The lowest BCUT2D eigenvalue weighted by Gasteiger charge is -2.40. The van der Waals surface area contributed by atoms with Gasteiger partial charge >= 0.3 is 0 Å². The van der Waals surface area contributed by atoms with Crippen molar-refractivity contribution in [2.75, 3.05) is 26.8 Å². The summed E-state index contributed by atoms with van der Waals surface area (Å²) < 4.78 is 13.7. The number of hydrogen-bond acceptors (Lipinski definition) is 4. The third-order valence-corrected chi connectivity index (χ3v) is 7.46. The van der Waals surface area contributed by atoms with E-state index in [9.17, 15) is 9.59 Å². The van der Waals surface area contributed by atoms with Gasteiger partial charge in [0.25, 0.3) is 5.91 Å². The standard InChI is InChI=1S/C31H29BrN2O4.C2H6/c1-37-18-17-33-20-26(27(23-13-7-3-8-14-23)24-15-9-4-10-16-24)34-19-25(32)29(35)30(28(34)31(33)36)38-21-22-11-5-2-6-12-22;1-2/h2-16,19,26-27H,17-18,20-21H2,1H3;1-2H3/t26-;/m1./s1. The fourth-order valence-electron chi connectivity index (χ4n) is 5.08. The molecule has 2 heterocycles. The summed E-state index contributed by atoms with van der Waals surface area (Å²) in [6.07, 6.45) is 1.74. The Morgan fingerprint density at radius 2 is 1.43 bits per heavy atom. The minimum absolute atomic E-state index is 0.0558. The number of amides is 1. The summed E-state index contributed by atoms with van der Waals surface area (Å²) in [6.45, 7) is 5.43. The molecule has 0 saturated carbocycles. The largest absolute Gasteiger partial charge is 0.483 e. The molecular weight excluding hydrogens is 568 g/mol. The Bertz CT molecular complexity index is 1400. The maximum atomic E-state index is 13.9. The molecule has 4 aromatic rings. The molecule has 0 aliphatic carbocycles. The van der Waals surface area contributed by atoms with E-state index in [4.69, 9.17) is 9.47 Å². The lowest BCUT2D eigenvalue weighted by Crippen LogP contribution is -2.47. The quantitative estimate of drug-likeness (QED) is 0.214. The van der Waals surface area contributed by atoms with Gasteiger partial charge in [-0.05, 0) is 32.6 Å². The number of methoxy groups -OCH3 is 1. The molecule has 40 heavy (non-hydrogen) atoms. The van der Waals surface area contributed by atoms with E-state index in [1.54, 1.807) is 18.2 Å². The molecule has 0 radical (unpaired) electrons. The van der Waals surface area contributed by atoms with E-state index in [0.717, 1.165) is 16.7 Å². The number of ether oxygens (including phenoxy) is 2. The number of benzene rings is 3. The topological polar surface area (TPSA) is 60.8 Å². The number of nitrogens with zero attached hydrogens (tertiary/aromatic N) is 2. The highest BCUT2D eigenvalue weighted by Gasteiger charge is 2.39. The Morgan fingerprint density at radius 3 is 1.98 bits per heavy atom. The van der Waals surface area contributed by atoms with Gasteiger partial charge in [-0.25, -0.2) is 0 Å². The number of aromatic nitrogens is 1. The van der Waals surface area contributed by atoms with Crippen molar-refractivity contribution in [3.63, 3.8) is 0 Å². The van der Waals surface area contributed by atoms with E-state index >= 15 is 0 Å². The molecule has 3 aromatic carbocycles. The van der Waals surface area contributed by atoms with Crippen molar-refractivity contribution < 1.29 is 14.3 Å². The van der Waals surface area contributed by atoms with Crippen LogP contribution in [0.25, 0.3) is 0 Å². The smallest absolute Gasteiger partial charge is 0.274 e. The minimum atomic E-state index is -0.344. The number of pyridine rings is 1. The van der Waals surface area contributed by atoms with Crippen molar-refractivity contribution in [3.05, 3.63) is 134 Å². The van der Waals surface area contributed by atoms with Crippen molar-refractivity contribution in [1.29, 1.82) is 0 Å². The number of rotatable bonds is 9. The van der Waals surface area contributed by atoms with Gasteiger partial charge in [-0.15, -0.1) is 0 Å². The van der Waals surface area contributed by atoms with Gasteiger partial charge in [-0.2, -0.15) is 0 Å². The van der Waals surface area contributed by atoms with Gasteiger partial charge in [0.05, 0.1) is 17.1 Å². The molecule has 0 N–H and O–H groups in total. The molecule has 208 valence electrons. The zero-order valence-electron chi connectivity index (χ0n) is 23.1. The SMILES string of the molecule is CC.COCCN1C[C@H](C(c2ccccc2)c2ccccc2)n2cc(Br)c(=O)c(OCc3ccccc3)c2C1=O. The highest BCUT2D eigenvalue weighted by Crippen LogP contribution is 2.40. The van der Waals surface area contributed by atoms with E-state index in [1.807, 2.05) is 85.1 Å². The monoisotopic (exact) mass is 602 g/mol. The number of halogens is 1. The van der Waals surface area contributed by atoms with Crippen LogP contribution in [0.4, 0.5) is 0 Å². The molecule has 1 aliphatic heterocycles. The van der Waals surface area contributed by atoms with Gasteiger partial charge in [0, 0.05) is 32.3 Å². The molecule has 0 spiro atoms. The van der Waals surface area contributed by atoms with Crippen LogP contribution in [0.5, 0.6) is 5.75 Å². The molecule has 6 nitrogen and oxygen atoms in total. The first-order valence-corrected chi connectivity index (χ1v) is 14.4. The zero-order chi connectivity index (χ0) is 28.5. The molecule has 7 heteroatoms. The molecule has 5 rings (SSSR count). The number of fused-ring (bicyclic) bond motifs is 1. The van der Waals surface area contributed by atoms with Crippen LogP contribution in [0.2, 0.25) is 0 Å². The van der Waals surface area contributed by atoms with E-state index in [-0.39, 0.29) is 41.3 Å². The van der Waals surface area contributed by atoms with E-state index in [0.29, 0.717) is 24.2 Å². The predicted molar refractivity (Wildman–Crippen MR) is 162 cm³/mol. The predicted octanol–water partition coefficient (Wildman–Crippen LogP) is 6.69. The highest BCUT2D eigenvalue weighted by molar-refractivity contribution is 9.10. The molecule has 0 bridgehead atoms. The van der Waals surface area contributed by atoms with Crippen molar-refractivity contribution in [3.8, 4) is 5.75 Å². The summed E-state index contributed by atoms with van der Waals surface area (Å²) >= 11 is 3.46. The molecule has 1 atom stereocenters. The van der Waals surface area contributed by atoms with Crippen LogP contribution in [-0.4, -0.2) is 42.2 Å². The third-order valence-electron chi connectivity index (χ3n) is 6.90. The van der Waals surface area contributed by atoms with Crippen molar-refractivity contribution in [1.82, 2.24) is 9.47 Å². The second-order valence-electron chi connectivity index (χ2n) is 9.28. The van der Waals surface area contributed by atoms with Crippen LogP contribution < -0.4 is 10.2 Å². The Morgan fingerprint density at radius 1 is 0.875 bits per heavy atom. The third kappa shape index (κ3) is 6.37. The lowest BCUT2D eigenvalue weighted by atomic mass is 9.83. The van der Waals surface area contributed by atoms with Gasteiger partial charge in [0.2, 0.25) is 5.43 Å². The summed E-state index contributed by atoms with van der Waals surface area (Å²) in [4.78, 5) is 29.0. The van der Waals surface area contributed by atoms with Crippen molar-refractivity contribution >= 4 is 21.8 Å². The first-order valence-electron chi connectivity index (χ1n) is 13.6. The summed E-state index contributed by atoms with van der Waals surface area (Å²) in [5.41, 5.74) is 3.07. The van der Waals surface area contributed by atoms with E-state index in [2.05, 4.69) is 40.2 Å². The molecule has 1 aromatic heterocycles. The number of hydrogen-bond donors (Lipinski definition) is 0. The van der Waals surface area contributed by atoms with Crippen LogP contribution >= 0.6 is 15.9 Å². The summed E-state index contributed by atoms with van der Waals surface area (Å²) in [5.74, 6) is -0.267. The Kier molecular flexibility index (Phi) is 10.3. The van der Waals surface area contributed by atoms with E-state index in [1.165, 1.54) is 0 Å². The lowest BCUT2D eigenvalue weighted by molar-refractivity contribution is 0.0579. The van der Waals surface area contributed by atoms with Crippen molar-refractivity contribution in [2.45, 2.75) is 32.4 Å². The van der Waals surface area contributed by atoms with E-state index < -0.39 is 0 Å². The van der Waals surface area contributed by atoms with Gasteiger partial charge in [-0.1, -0.05) is 105 Å². The summed E-state index contributed by atoms with van der Waals surface area (Å²) in [6, 6.07) is 30.0. The van der Waals surface area contributed by atoms with Crippen LogP contribution in [-0.2, 0) is 11.3 Å². The first-order chi connectivity index (χ1) is 19.6. The number of carbonyl (C=O) groups is 1. The Labute approximate surface area is 244 Å². The highest BCUT2D eigenvalue weighted by atomic mass is 79.9. The van der Waals surface area contributed by atoms with Gasteiger partial charge in [0.15, 0.2) is 11.4 Å². The van der Waals surface area contributed by atoms with Crippen LogP contribution in [0.3, 0.4) is 0 Å². The fourth-order valence-corrected chi connectivity index (χ4v) is 5.48. The maximum Gasteiger partial charge on any atom is 0.274 e. The molecule has 0 saturated heterocycles. The average Bonchev–Trinajstić information content (AvgIpc) is 3.01. The fraction of sp³-hybridized carbons (Fsp3) is 0.273. The molecular formula is C33H35BrN2O4. The van der Waals surface area contributed by atoms with Crippen molar-refractivity contribution in [2.24, 2.45) is 0 Å². The second-order valence-corrected chi connectivity index (χ2v) is 10.1. The van der Waals surface area contributed by atoms with Gasteiger partial charge in [0.1, 0.15) is 6.61 Å². The Hall–Kier alpha value is -3.68. The van der Waals surface area contributed by atoms with Gasteiger partial charge < -0.3 is 18.9 Å². The Balaban J connectivity index is 0.00000181. The zero-order valence-corrected chi connectivity index (χ0v) is 24.7. The van der Waals surface area contributed by atoms with Crippen LogP contribution in [0.15, 0.2) is 106 Å². The van der Waals surface area contributed by atoms with Crippen LogP contribution in [0.1, 0.15) is 53.0 Å². The average molecular weight is 604 g/mol. The normalized spacial score (nSPS) is 14.4. The second kappa shape index (κ2) is 14.1. The first kappa shape index (κ1) is 29.3. The summed E-state index contributed by atoms with van der Waals surface area (Å²) in [5, 5.41) is 0. The molecule has 1 aliphatic rings. The maximum absolute atomic E-state index is 13.9. The summed E-state index contributed by atoms with van der Waals surface area (Å²) in [7, 11) is 1.62. The van der Waals surface area contributed by atoms with Crippen LogP contribution in [0, 0.1) is 0 Å².